The first-order valence-electron chi connectivity index (χ1n) is 4.74. The van der Waals surface area contributed by atoms with Crippen molar-refractivity contribution in [2.24, 2.45) is 0 Å². The first-order valence-corrected chi connectivity index (χ1v) is 5.91. The van der Waals surface area contributed by atoms with E-state index in [4.69, 9.17) is 11.6 Å². The van der Waals surface area contributed by atoms with Crippen LogP contribution < -0.4 is 0 Å². The fourth-order valence-electron chi connectivity index (χ4n) is 1.28. The summed E-state index contributed by atoms with van der Waals surface area (Å²) in [6.07, 6.45) is -0.298. The zero-order valence-corrected chi connectivity index (χ0v) is 11.1. The summed E-state index contributed by atoms with van der Waals surface area (Å²) in [5.41, 5.74) is 0.611. The first-order chi connectivity index (χ1) is 7.54. The molecular formula is C11H12BrClO3. The number of aliphatic hydroxyl groups is 1. The summed E-state index contributed by atoms with van der Waals surface area (Å²) in [4.78, 5) is 10.9. The van der Waals surface area contributed by atoms with Crippen molar-refractivity contribution in [2.75, 3.05) is 7.11 Å². The predicted molar refractivity (Wildman–Crippen MR) is 65.4 cm³/mol. The number of methoxy groups -OCH3 is 1. The molecule has 3 nitrogen and oxygen atoms in total. The van der Waals surface area contributed by atoms with Gasteiger partial charge < -0.3 is 9.84 Å². The Hall–Kier alpha value is -0.580. The van der Waals surface area contributed by atoms with Crippen LogP contribution in [0.5, 0.6) is 0 Å². The van der Waals surface area contributed by atoms with Gasteiger partial charge >= 0.3 is 5.97 Å². The van der Waals surface area contributed by atoms with Crippen LogP contribution in [0.1, 0.15) is 24.5 Å². The number of esters is 1. The van der Waals surface area contributed by atoms with Crippen molar-refractivity contribution in [2.45, 2.75) is 18.9 Å². The molecular weight excluding hydrogens is 295 g/mol. The maximum atomic E-state index is 10.9. The van der Waals surface area contributed by atoms with Gasteiger partial charge in [-0.1, -0.05) is 27.5 Å². The monoisotopic (exact) mass is 306 g/mol. The first kappa shape index (κ1) is 13.5. The maximum absolute atomic E-state index is 10.9. The van der Waals surface area contributed by atoms with Crippen LogP contribution in [0.15, 0.2) is 22.7 Å². The van der Waals surface area contributed by atoms with Crippen LogP contribution in [0.2, 0.25) is 5.02 Å². The molecule has 1 atom stereocenters. The molecule has 1 unspecified atom stereocenters. The fraction of sp³-hybridized carbons (Fsp3) is 0.364. The van der Waals surface area contributed by atoms with Gasteiger partial charge in [0.1, 0.15) is 0 Å². The molecule has 1 aromatic carbocycles. The van der Waals surface area contributed by atoms with Crippen molar-refractivity contribution in [3.8, 4) is 0 Å². The average Bonchev–Trinajstić information content (AvgIpc) is 2.28. The minimum Gasteiger partial charge on any atom is -0.469 e. The van der Waals surface area contributed by atoms with Gasteiger partial charge in [0, 0.05) is 21.5 Å². The normalized spacial score (nSPS) is 12.2. The van der Waals surface area contributed by atoms with Crippen molar-refractivity contribution >= 4 is 33.5 Å². The molecule has 1 rings (SSSR count). The summed E-state index contributed by atoms with van der Waals surface area (Å²) in [6.45, 7) is 0. The Bertz CT molecular complexity index is 381. The summed E-state index contributed by atoms with van der Waals surface area (Å²) in [6, 6.07) is 5.23. The molecule has 0 spiro atoms. The quantitative estimate of drug-likeness (QED) is 0.870. The molecule has 0 aliphatic carbocycles. The number of ether oxygens (including phenoxy) is 1. The lowest BCUT2D eigenvalue weighted by Gasteiger charge is -2.12. The van der Waals surface area contributed by atoms with E-state index in [1.807, 2.05) is 0 Å². The molecule has 0 saturated carbocycles. The zero-order valence-electron chi connectivity index (χ0n) is 8.74. The van der Waals surface area contributed by atoms with Crippen LogP contribution >= 0.6 is 27.5 Å². The number of rotatable bonds is 4. The number of aliphatic hydroxyl groups excluding tert-OH is 1. The third-order valence-corrected chi connectivity index (χ3v) is 3.00. The van der Waals surface area contributed by atoms with Crippen molar-refractivity contribution in [3.63, 3.8) is 0 Å². The van der Waals surface area contributed by atoms with Gasteiger partial charge in [0.25, 0.3) is 0 Å². The van der Waals surface area contributed by atoms with Crippen LogP contribution in [-0.2, 0) is 9.53 Å². The highest BCUT2D eigenvalue weighted by Crippen LogP contribution is 2.28. The smallest absolute Gasteiger partial charge is 0.305 e. The topological polar surface area (TPSA) is 46.5 Å². The molecule has 16 heavy (non-hydrogen) atoms. The summed E-state index contributed by atoms with van der Waals surface area (Å²) >= 11 is 9.24. The molecule has 0 radical (unpaired) electrons. The summed E-state index contributed by atoms with van der Waals surface area (Å²) in [5, 5.41) is 10.3. The van der Waals surface area contributed by atoms with E-state index in [-0.39, 0.29) is 12.4 Å². The highest BCUT2D eigenvalue weighted by Gasteiger charge is 2.14. The highest BCUT2D eigenvalue weighted by molar-refractivity contribution is 9.10. The number of carbonyl (C=O) groups excluding carboxylic acids is 1. The van der Waals surface area contributed by atoms with Gasteiger partial charge in [-0.05, 0) is 24.6 Å². The van der Waals surface area contributed by atoms with E-state index in [2.05, 4.69) is 20.7 Å². The Kier molecular flexibility index (Phi) is 5.25. The standard InChI is InChI=1S/C11H12BrClO3/c1-16-11(15)5-4-10(14)8-6-7(12)2-3-9(8)13/h2-3,6,10,14H,4-5H2,1H3. The second kappa shape index (κ2) is 6.23. The number of halogens is 2. The van der Waals surface area contributed by atoms with E-state index in [0.29, 0.717) is 17.0 Å². The molecule has 1 N–H and O–H groups in total. The van der Waals surface area contributed by atoms with E-state index in [0.717, 1.165) is 4.47 Å². The van der Waals surface area contributed by atoms with Gasteiger partial charge in [-0.25, -0.2) is 0 Å². The Morgan fingerprint density at radius 3 is 2.94 bits per heavy atom. The van der Waals surface area contributed by atoms with E-state index < -0.39 is 6.10 Å². The van der Waals surface area contributed by atoms with E-state index in [1.165, 1.54) is 7.11 Å². The Morgan fingerprint density at radius 1 is 1.62 bits per heavy atom. The average molecular weight is 308 g/mol. The van der Waals surface area contributed by atoms with E-state index in [9.17, 15) is 9.90 Å². The van der Waals surface area contributed by atoms with Gasteiger partial charge in [0.05, 0.1) is 13.2 Å². The van der Waals surface area contributed by atoms with Crippen LogP contribution in [0.3, 0.4) is 0 Å². The molecule has 0 aliphatic heterocycles. The largest absolute Gasteiger partial charge is 0.469 e. The Morgan fingerprint density at radius 2 is 2.31 bits per heavy atom. The molecule has 0 amide bonds. The van der Waals surface area contributed by atoms with Crippen molar-refractivity contribution in [1.29, 1.82) is 0 Å². The molecule has 0 aliphatic rings. The molecule has 0 aromatic heterocycles. The summed E-state index contributed by atoms with van der Waals surface area (Å²) in [5.74, 6) is -0.342. The van der Waals surface area contributed by atoms with Crippen molar-refractivity contribution in [3.05, 3.63) is 33.3 Å². The molecule has 5 heteroatoms. The van der Waals surface area contributed by atoms with Crippen molar-refractivity contribution < 1.29 is 14.6 Å². The molecule has 0 heterocycles. The van der Waals surface area contributed by atoms with E-state index in [1.54, 1.807) is 18.2 Å². The number of hydrogen-bond donors (Lipinski definition) is 1. The summed E-state index contributed by atoms with van der Waals surface area (Å²) in [7, 11) is 1.32. The summed E-state index contributed by atoms with van der Waals surface area (Å²) < 4.78 is 5.34. The second-order valence-electron chi connectivity index (χ2n) is 3.30. The SMILES string of the molecule is COC(=O)CCC(O)c1cc(Br)ccc1Cl. The lowest BCUT2D eigenvalue weighted by molar-refractivity contribution is -0.141. The minimum absolute atomic E-state index is 0.167. The van der Waals surface area contributed by atoms with Gasteiger partial charge in [-0.15, -0.1) is 0 Å². The van der Waals surface area contributed by atoms with Gasteiger partial charge in [-0.2, -0.15) is 0 Å². The Labute approximate surface area is 107 Å². The predicted octanol–water partition coefficient (Wildman–Crippen LogP) is 3.09. The molecule has 0 bridgehead atoms. The fourth-order valence-corrected chi connectivity index (χ4v) is 1.90. The number of benzene rings is 1. The second-order valence-corrected chi connectivity index (χ2v) is 4.62. The molecule has 0 saturated heterocycles. The highest BCUT2D eigenvalue weighted by atomic mass is 79.9. The Balaban J connectivity index is 2.68. The number of carbonyl (C=O) groups is 1. The van der Waals surface area contributed by atoms with Gasteiger partial charge in [-0.3, -0.25) is 4.79 Å². The molecule has 88 valence electrons. The molecule has 0 fully saturated rings. The van der Waals surface area contributed by atoms with Crippen LogP contribution in [0, 0.1) is 0 Å². The van der Waals surface area contributed by atoms with Gasteiger partial charge in [0.15, 0.2) is 0 Å². The molecule has 1 aromatic rings. The zero-order chi connectivity index (χ0) is 12.1. The van der Waals surface area contributed by atoms with E-state index >= 15 is 0 Å². The maximum Gasteiger partial charge on any atom is 0.305 e. The van der Waals surface area contributed by atoms with Crippen LogP contribution in [0.4, 0.5) is 0 Å². The lowest BCUT2D eigenvalue weighted by atomic mass is 10.1. The number of hydrogen-bond acceptors (Lipinski definition) is 3. The lowest BCUT2D eigenvalue weighted by Crippen LogP contribution is -2.05. The minimum atomic E-state index is -0.760. The third-order valence-electron chi connectivity index (χ3n) is 2.17. The van der Waals surface area contributed by atoms with Gasteiger partial charge in [0.2, 0.25) is 0 Å². The van der Waals surface area contributed by atoms with Crippen LogP contribution in [-0.4, -0.2) is 18.2 Å². The van der Waals surface area contributed by atoms with Crippen molar-refractivity contribution in [1.82, 2.24) is 0 Å². The van der Waals surface area contributed by atoms with Crippen LogP contribution in [0.25, 0.3) is 0 Å². The third kappa shape index (κ3) is 3.77.